The van der Waals surface area contributed by atoms with Gasteiger partial charge in [-0.25, -0.2) is 0 Å². The molecule has 3 aliphatic rings. The third-order valence-electron chi connectivity index (χ3n) is 6.56. The molecule has 2 bridgehead atoms. The summed E-state index contributed by atoms with van der Waals surface area (Å²) in [6.07, 6.45) is 3.15. The standard InChI is InChI=1S/C23H20ClNO4/c24-16-5-3-13(4-6-16)19(26)12-29-18-9-7-17(8-10-18)25-22(27)20-14-1-2-15(11-14)21(20)23(25)28/h3-10,14-15,20-21H,1-2,11-12H2/t14-,15-,20+,21+/m1/s1. The quantitative estimate of drug-likeness (QED) is 0.550. The highest BCUT2D eigenvalue weighted by molar-refractivity contribution is 6.30. The molecular formula is C23H20ClNO4. The molecule has 2 saturated carbocycles. The topological polar surface area (TPSA) is 63.7 Å². The number of ketones is 1. The van der Waals surface area contributed by atoms with Crippen molar-refractivity contribution in [2.24, 2.45) is 23.7 Å². The Morgan fingerprint density at radius 3 is 2.10 bits per heavy atom. The predicted molar refractivity (Wildman–Crippen MR) is 108 cm³/mol. The summed E-state index contributed by atoms with van der Waals surface area (Å²) in [5.41, 5.74) is 1.10. The van der Waals surface area contributed by atoms with Gasteiger partial charge in [-0.05, 0) is 79.6 Å². The minimum atomic E-state index is -0.154. The molecule has 0 spiro atoms. The van der Waals surface area contributed by atoms with Crippen molar-refractivity contribution in [3.8, 4) is 5.75 Å². The van der Waals surface area contributed by atoms with Gasteiger partial charge in [0, 0.05) is 10.6 Å². The Morgan fingerprint density at radius 2 is 1.52 bits per heavy atom. The van der Waals surface area contributed by atoms with Crippen LogP contribution in [-0.4, -0.2) is 24.2 Å². The van der Waals surface area contributed by atoms with E-state index in [9.17, 15) is 14.4 Å². The summed E-state index contributed by atoms with van der Waals surface area (Å²) in [6, 6.07) is 13.4. The van der Waals surface area contributed by atoms with E-state index in [0.29, 0.717) is 33.9 Å². The molecule has 2 aromatic carbocycles. The van der Waals surface area contributed by atoms with Gasteiger partial charge in [0.25, 0.3) is 0 Å². The minimum absolute atomic E-state index is 0.0567. The first kappa shape index (κ1) is 18.4. The van der Waals surface area contributed by atoms with E-state index in [-0.39, 0.29) is 36.0 Å². The molecule has 148 valence electrons. The van der Waals surface area contributed by atoms with E-state index in [0.717, 1.165) is 19.3 Å². The molecule has 2 aromatic rings. The molecule has 2 aliphatic carbocycles. The molecule has 0 radical (unpaired) electrons. The lowest BCUT2D eigenvalue weighted by Crippen LogP contribution is -2.32. The van der Waals surface area contributed by atoms with Crippen LogP contribution >= 0.6 is 11.6 Å². The summed E-state index contributed by atoms with van der Waals surface area (Å²) in [4.78, 5) is 39.3. The number of hydrogen-bond acceptors (Lipinski definition) is 4. The average Bonchev–Trinajstić information content (AvgIpc) is 3.41. The molecule has 1 heterocycles. The van der Waals surface area contributed by atoms with Crippen LogP contribution in [0.5, 0.6) is 5.75 Å². The van der Waals surface area contributed by atoms with Crippen LogP contribution < -0.4 is 9.64 Å². The maximum absolute atomic E-state index is 12.9. The Morgan fingerprint density at radius 1 is 0.931 bits per heavy atom. The number of amides is 2. The maximum atomic E-state index is 12.9. The number of hydrogen-bond donors (Lipinski definition) is 0. The monoisotopic (exact) mass is 409 g/mol. The van der Waals surface area contributed by atoms with Crippen LogP contribution in [0, 0.1) is 23.7 Å². The highest BCUT2D eigenvalue weighted by Crippen LogP contribution is 2.56. The summed E-state index contributed by atoms with van der Waals surface area (Å²) in [7, 11) is 0. The van der Waals surface area contributed by atoms with Crippen molar-refractivity contribution in [1.29, 1.82) is 0 Å². The Balaban J connectivity index is 1.26. The molecule has 0 aromatic heterocycles. The Labute approximate surface area is 173 Å². The van der Waals surface area contributed by atoms with Crippen molar-refractivity contribution in [1.82, 2.24) is 0 Å². The molecule has 5 nitrogen and oxygen atoms in total. The molecule has 2 amide bonds. The van der Waals surface area contributed by atoms with Gasteiger partial charge < -0.3 is 4.74 Å². The van der Waals surface area contributed by atoms with Crippen molar-refractivity contribution in [2.45, 2.75) is 19.3 Å². The van der Waals surface area contributed by atoms with Crippen molar-refractivity contribution >= 4 is 34.9 Å². The molecule has 0 unspecified atom stereocenters. The van der Waals surface area contributed by atoms with Gasteiger partial charge >= 0.3 is 0 Å². The molecule has 3 fully saturated rings. The van der Waals surface area contributed by atoms with E-state index in [1.54, 1.807) is 48.5 Å². The fourth-order valence-electron chi connectivity index (χ4n) is 5.22. The van der Waals surface area contributed by atoms with Gasteiger partial charge in [-0.2, -0.15) is 0 Å². The van der Waals surface area contributed by atoms with E-state index < -0.39 is 0 Å². The molecule has 5 rings (SSSR count). The molecule has 0 N–H and O–H groups in total. The number of ether oxygens (including phenoxy) is 1. The van der Waals surface area contributed by atoms with Gasteiger partial charge in [0.1, 0.15) is 5.75 Å². The first-order valence-electron chi connectivity index (χ1n) is 9.92. The van der Waals surface area contributed by atoms with E-state index in [2.05, 4.69) is 0 Å². The number of fused-ring (bicyclic) bond motifs is 5. The number of carbonyl (C=O) groups excluding carboxylic acids is 3. The van der Waals surface area contributed by atoms with Crippen LogP contribution in [0.2, 0.25) is 5.02 Å². The maximum Gasteiger partial charge on any atom is 0.237 e. The third kappa shape index (κ3) is 3.04. The van der Waals surface area contributed by atoms with Crippen molar-refractivity contribution in [3.05, 3.63) is 59.1 Å². The second-order valence-corrected chi connectivity index (χ2v) is 8.55. The Bertz CT molecular complexity index is 957. The number of benzene rings is 2. The summed E-state index contributed by atoms with van der Waals surface area (Å²) in [6.45, 7) is -0.101. The van der Waals surface area contributed by atoms with Crippen LogP contribution in [0.15, 0.2) is 48.5 Å². The highest BCUT2D eigenvalue weighted by Gasteiger charge is 2.61. The van der Waals surface area contributed by atoms with Gasteiger partial charge in [-0.1, -0.05) is 11.6 Å². The molecule has 4 atom stereocenters. The number of Topliss-reactive ketones (excluding diaryl/α,β-unsaturated/α-hetero) is 1. The van der Waals surface area contributed by atoms with Gasteiger partial charge in [0.15, 0.2) is 12.4 Å². The number of imide groups is 1. The average molecular weight is 410 g/mol. The van der Waals surface area contributed by atoms with Gasteiger partial charge in [0.2, 0.25) is 11.8 Å². The zero-order valence-electron chi connectivity index (χ0n) is 15.7. The number of halogens is 1. The number of rotatable bonds is 5. The van der Waals surface area contributed by atoms with Crippen LogP contribution in [0.25, 0.3) is 0 Å². The van der Waals surface area contributed by atoms with E-state index >= 15 is 0 Å². The predicted octanol–water partition coefficient (Wildman–Crippen LogP) is 4.14. The van der Waals surface area contributed by atoms with Crippen LogP contribution in [0.3, 0.4) is 0 Å². The zero-order valence-corrected chi connectivity index (χ0v) is 16.5. The second-order valence-electron chi connectivity index (χ2n) is 8.11. The van der Waals surface area contributed by atoms with Gasteiger partial charge in [-0.3, -0.25) is 19.3 Å². The van der Waals surface area contributed by atoms with Crippen molar-refractivity contribution in [2.75, 3.05) is 11.5 Å². The van der Waals surface area contributed by atoms with Crippen LogP contribution in [-0.2, 0) is 9.59 Å². The summed E-state index contributed by atoms with van der Waals surface area (Å²) in [5, 5.41) is 0.571. The lowest BCUT2D eigenvalue weighted by Gasteiger charge is -2.19. The highest BCUT2D eigenvalue weighted by atomic mass is 35.5. The number of anilines is 1. The number of nitrogens with zero attached hydrogens (tertiary/aromatic N) is 1. The van der Waals surface area contributed by atoms with E-state index in [1.165, 1.54) is 4.90 Å². The third-order valence-corrected chi connectivity index (χ3v) is 6.81. The van der Waals surface area contributed by atoms with Crippen LogP contribution in [0.1, 0.15) is 29.6 Å². The normalized spacial score (nSPS) is 27.4. The molecule has 1 aliphatic heterocycles. The SMILES string of the molecule is O=C(COc1ccc(N2C(=O)[C@H]3[C@@H]4CC[C@H](C4)[C@@H]3C2=O)cc1)c1ccc(Cl)cc1. The first-order chi connectivity index (χ1) is 14.0. The lowest BCUT2D eigenvalue weighted by atomic mass is 9.81. The summed E-state index contributed by atoms with van der Waals surface area (Å²) >= 11 is 5.83. The van der Waals surface area contributed by atoms with Crippen LogP contribution in [0.4, 0.5) is 5.69 Å². The second kappa shape index (κ2) is 6.99. The van der Waals surface area contributed by atoms with Gasteiger partial charge in [-0.15, -0.1) is 0 Å². The Hall–Kier alpha value is -2.66. The number of carbonyl (C=O) groups is 3. The van der Waals surface area contributed by atoms with Crippen molar-refractivity contribution in [3.63, 3.8) is 0 Å². The molecule has 6 heteroatoms. The largest absolute Gasteiger partial charge is 0.485 e. The smallest absolute Gasteiger partial charge is 0.237 e. The van der Waals surface area contributed by atoms with Crippen molar-refractivity contribution < 1.29 is 19.1 Å². The Kier molecular flexibility index (Phi) is 4.43. The van der Waals surface area contributed by atoms with Gasteiger partial charge in [0.05, 0.1) is 17.5 Å². The molecular weight excluding hydrogens is 390 g/mol. The summed E-state index contributed by atoms with van der Waals surface area (Å²) < 4.78 is 5.57. The van der Waals surface area contributed by atoms with E-state index in [4.69, 9.17) is 16.3 Å². The molecule has 1 saturated heterocycles. The first-order valence-corrected chi connectivity index (χ1v) is 10.3. The fraction of sp³-hybridized carbons (Fsp3) is 0.348. The fourth-order valence-corrected chi connectivity index (χ4v) is 5.35. The minimum Gasteiger partial charge on any atom is -0.485 e. The van der Waals surface area contributed by atoms with E-state index in [1.807, 2.05) is 0 Å². The summed E-state index contributed by atoms with van der Waals surface area (Å²) in [5.74, 6) is 0.719. The lowest BCUT2D eigenvalue weighted by molar-refractivity contribution is -0.123. The molecule has 29 heavy (non-hydrogen) atoms. The zero-order chi connectivity index (χ0) is 20.1.